The Kier molecular flexibility index (Phi) is 3.42. The Labute approximate surface area is 133 Å². The van der Waals surface area contributed by atoms with E-state index in [4.69, 9.17) is 9.47 Å². The largest absolute Gasteiger partial charge is 0.454 e. The molecular formula is C17H15NO3S. The molecule has 0 aliphatic carbocycles. The van der Waals surface area contributed by atoms with Crippen LogP contribution in [0.25, 0.3) is 0 Å². The summed E-state index contributed by atoms with van der Waals surface area (Å²) in [5.74, 6) is 2.23. The summed E-state index contributed by atoms with van der Waals surface area (Å²) in [6, 6.07) is 16.0. The maximum absolute atomic E-state index is 12.2. The number of benzene rings is 2. The zero-order chi connectivity index (χ0) is 14.9. The van der Waals surface area contributed by atoms with Gasteiger partial charge in [-0.3, -0.25) is 4.79 Å². The zero-order valence-corrected chi connectivity index (χ0v) is 12.7. The lowest BCUT2D eigenvalue weighted by molar-refractivity contribution is -0.128. The van der Waals surface area contributed by atoms with Gasteiger partial charge in [0.1, 0.15) is 5.37 Å². The van der Waals surface area contributed by atoms with E-state index in [0.29, 0.717) is 12.3 Å². The van der Waals surface area contributed by atoms with E-state index in [9.17, 15) is 4.79 Å². The second kappa shape index (κ2) is 5.57. The average Bonchev–Trinajstić information content (AvgIpc) is 3.15. The average molecular weight is 313 g/mol. The summed E-state index contributed by atoms with van der Waals surface area (Å²) in [5.41, 5.74) is 2.22. The lowest BCUT2D eigenvalue weighted by atomic mass is 10.1. The molecule has 4 nitrogen and oxygen atoms in total. The smallest absolute Gasteiger partial charge is 0.234 e. The number of fused-ring (bicyclic) bond motifs is 1. The third-order valence-corrected chi connectivity index (χ3v) is 5.10. The number of amides is 1. The normalized spacial score (nSPS) is 19.7. The van der Waals surface area contributed by atoms with E-state index in [-0.39, 0.29) is 18.1 Å². The van der Waals surface area contributed by atoms with Gasteiger partial charge in [0.2, 0.25) is 12.7 Å². The van der Waals surface area contributed by atoms with Gasteiger partial charge in [0, 0.05) is 6.54 Å². The van der Waals surface area contributed by atoms with Crippen LogP contribution in [0.3, 0.4) is 0 Å². The van der Waals surface area contributed by atoms with Crippen LogP contribution in [0.5, 0.6) is 11.5 Å². The molecule has 112 valence electrons. The maximum atomic E-state index is 12.2. The number of carbonyl (C=O) groups is 1. The van der Waals surface area contributed by atoms with Gasteiger partial charge in [-0.1, -0.05) is 36.4 Å². The molecule has 1 fully saturated rings. The molecule has 0 saturated carbocycles. The van der Waals surface area contributed by atoms with Gasteiger partial charge in [0.25, 0.3) is 0 Å². The number of nitrogens with zero attached hydrogens (tertiary/aromatic N) is 1. The molecule has 2 aromatic carbocycles. The highest BCUT2D eigenvalue weighted by Crippen LogP contribution is 2.43. The highest BCUT2D eigenvalue weighted by atomic mass is 32.2. The van der Waals surface area contributed by atoms with Gasteiger partial charge in [-0.05, 0) is 23.3 Å². The summed E-state index contributed by atoms with van der Waals surface area (Å²) in [6.07, 6.45) is 0. The number of rotatable bonds is 3. The predicted molar refractivity (Wildman–Crippen MR) is 84.8 cm³/mol. The molecule has 0 bridgehead atoms. The molecular weight excluding hydrogens is 298 g/mol. The second-order valence-corrected chi connectivity index (χ2v) is 6.35. The molecule has 5 heteroatoms. The minimum atomic E-state index is 0.0298. The van der Waals surface area contributed by atoms with Gasteiger partial charge < -0.3 is 14.4 Å². The molecule has 0 aromatic heterocycles. The molecule has 2 aromatic rings. The highest BCUT2D eigenvalue weighted by Gasteiger charge is 2.33. The summed E-state index contributed by atoms with van der Waals surface area (Å²) in [4.78, 5) is 14.2. The van der Waals surface area contributed by atoms with Gasteiger partial charge in [-0.25, -0.2) is 0 Å². The summed E-state index contributed by atoms with van der Waals surface area (Å²) in [5, 5.41) is 0.0298. The van der Waals surface area contributed by atoms with E-state index in [1.165, 1.54) is 0 Å². The molecule has 0 spiro atoms. The van der Waals surface area contributed by atoms with Crippen molar-refractivity contribution in [2.24, 2.45) is 0 Å². The molecule has 2 aliphatic heterocycles. The first kappa shape index (κ1) is 13.5. The van der Waals surface area contributed by atoms with Gasteiger partial charge >= 0.3 is 0 Å². The van der Waals surface area contributed by atoms with Gasteiger partial charge in [-0.2, -0.15) is 0 Å². The van der Waals surface area contributed by atoms with Gasteiger partial charge in [0.05, 0.1) is 5.75 Å². The Morgan fingerprint density at radius 3 is 2.77 bits per heavy atom. The predicted octanol–water partition coefficient (Wildman–Crippen LogP) is 3.19. The minimum Gasteiger partial charge on any atom is -0.454 e. The van der Waals surface area contributed by atoms with Crippen LogP contribution in [0.4, 0.5) is 0 Å². The molecule has 1 saturated heterocycles. The summed E-state index contributed by atoms with van der Waals surface area (Å²) >= 11 is 1.66. The van der Waals surface area contributed by atoms with E-state index in [2.05, 4.69) is 0 Å². The molecule has 2 aliphatic rings. The first-order chi connectivity index (χ1) is 10.8. The van der Waals surface area contributed by atoms with Crippen molar-refractivity contribution in [2.45, 2.75) is 11.9 Å². The summed E-state index contributed by atoms with van der Waals surface area (Å²) < 4.78 is 10.8. The third-order valence-electron chi connectivity index (χ3n) is 3.85. The molecule has 0 N–H and O–H groups in total. The third kappa shape index (κ3) is 2.41. The Morgan fingerprint density at radius 1 is 1.09 bits per heavy atom. The number of hydrogen-bond acceptors (Lipinski definition) is 4. The van der Waals surface area contributed by atoms with Crippen LogP contribution in [0.2, 0.25) is 0 Å². The standard InChI is InChI=1S/C17H15NO3S/c19-16-10-22-17(18(16)9-12-4-2-1-3-5-12)13-6-7-14-15(8-13)21-11-20-14/h1-8,17H,9-11H2/t17-/m1/s1. The van der Waals surface area contributed by atoms with Crippen molar-refractivity contribution in [3.8, 4) is 11.5 Å². The monoisotopic (exact) mass is 313 g/mol. The lowest BCUT2D eigenvalue weighted by Gasteiger charge is -2.24. The van der Waals surface area contributed by atoms with Gasteiger partial charge in [-0.15, -0.1) is 11.8 Å². The first-order valence-corrected chi connectivity index (χ1v) is 8.21. The van der Waals surface area contributed by atoms with Crippen LogP contribution in [0.1, 0.15) is 16.5 Å². The molecule has 4 rings (SSSR count). The second-order valence-electron chi connectivity index (χ2n) is 5.28. The van der Waals surface area contributed by atoms with Crippen LogP contribution in [-0.4, -0.2) is 23.4 Å². The van der Waals surface area contributed by atoms with E-state index < -0.39 is 0 Å². The number of ether oxygens (including phenoxy) is 2. The number of hydrogen-bond donors (Lipinski definition) is 0. The maximum Gasteiger partial charge on any atom is 0.234 e. The van der Waals surface area contributed by atoms with Crippen LogP contribution >= 0.6 is 11.8 Å². The van der Waals surface area contributed by atoms with Gasteiger partial charge in [0.15, 0.2) is 11.5 Å². The minimum absolute atomic E-state index is 0.0298. The van der Waals surface area contributed by atoms with Crippen LogP contribution in [0, 0.1) is 0 Å². The fourth-order valence-electron chi connectivity index (χ4n) is 2.75. The lowest BCUT2D eigenvalue weighted by Crippen LogP contribution is -2.27. The van der Waals surface area contributed by atoms with Crippen molar-refractivity contribution >= 4 is 17.7 Å². The van der Waals surface area contributed by atoms with E-state index in [0.717, 1.165) is 22.6 Å². The molecule has 1 atom stereocenters. The van der Waals surface area contributed by atoms with E-state index in [1.54, 1.807) is 11.8 Å². The van der Waals surface area contributed by atoms with E-state index >= 15 is 0 Å². The van der Waals surface area contributed by atoms with Crippen molar-refractivity contribution in [1.82, 2.24) is 4.90 Å². The molecule has 0 unspecified atom stereocenters. The number of carbonyl (C=O) groups excluding carboxylic acids is 1. The van der Waals surface area contributed by atoms with Crippen LogP contribution in [0.15, 0.2) is 48.5 Å². The Hall–Kier alpha value is -2.14. The van der Waals surface area contributed by atoms with Crippen molar-refractivity contribution in [3.05, 3.63) is 59.7 Å². The van der Waals surface area contributed by atoms with Crippen molar-refractivity contribution in [2.75, 3.05) is 12.5 Å². The van der Waals surface area contributed by atoms with Crippen molar-refractivity contribution in [1.29, 1.82) is 0 Å². The fraction of sp³-hybridized carbons (Fsp3) is 0.235. The Morgan fingerprint density at radius 2 is 1.91 bits per heavy atom. The molecule has 22 heavy (non-hydrogen) atoms. The highest BCUT2D eigenvalue weighted by molar-refractivity contribution is 8.00. The SMILES string of the molecule is O=C1CS[C@H](c2ccc3c(c2)OCO3)N1Cc1ccccc1. The first-order valence-electron chi connectivity index (χ1n) is 7.16. The van der Waals surface area contributed by atoms with Crippen LogP contribution in [-0.2, 0) is 11.3 Å². The van der Waals surface area contributed by atoms with Crippen molar-refractivity contribution < 1.29 is 14.3 Å². The topological polar surface area (TPSA) is 38.8 Å². The fourth-order valence-corrected chi connectivity index (χ4v) is 3.93. The number of thioether (sulfide) groups is 1. The van der Waals surface area contributed by atoms with Crippen molar-refractivity contribution in [3.63, 3.8) is 0 Å². The quantitative estimate of drug-likeness (QED) is 0.872. The van der Waals surface area contributed by atoms with E-state index in [1.807, 2.05) is 53.4 Å². The summed E-state index contributed by atoms with van der Waals surface area (Å²) in [7, 11) is 0. The molecule has 2 heterocycles. The molecule has 1 amide bonds. The van der Waals surface area contributed by atoms with Crippen LogP contribution < -0.4 is 9.47 Å². The zero-order valence-electron chi connectivity index (χ0n) is 11.9. The Bertz CT molecular complexity index is 704. The summed E-state index contributed by atoms with van der Waals surface area (Å²) in [6.45, 7) is 0.898. The molecule has 0 radical (unpaired) electrons. The Balaban J connectivity index is 1.61.